The molecule has 1 saturated heterocycles. The largest absolute Gasteiger partial charge is 0.497 e. The van der Waals surface area contributed by atoms with E-state index in [1.165, 1.54) is 0 Å². The van der Waals surface area contributed by atoms with Crippen molar-refractivity contribution in [3.8, 4) is 16.3 Å². The number of methoxy groups -OCH3 is 1. The molecule has 114 valence electrons. The van der Waals surface area contributed by atoms with Gasteiger partial charge in [-0.1, -0.05) is 0 Å². The van der Waals surface area contributed by atoms with E-state index >= 15 is 0 Å². The van der Waals surface area contributed by atoms with Crippen LogP contribution in [0.1, 0.15) is 18.5 Å². The van der Waals surface area contributed by atoms with Crippen molar-refractivity contribution in [2.24, 2.45) is 0 Å². The van der Waals surface area contributed by atoms with Gasteiger partial charge in [0.25, 0.3) is 0 Å². The van der Waals surface area contributed by atoms with E-state index in [1.54, 1.807) is 30.6 Å². The minimum Gasteiger partial charge on any atom is -0.497 e. The van der Waals surface area contributed by atoms with E-state index in [-0.39, 0.29) is 5.91 Å². The molecule has 1 fully saturated rings. The average molecular weight is 314 g/mol. The molecule has 0 spiro atoms. The van der Waals surface area contributed by atoms with Gasteiger partial charge >= 0.3 is 0 Å². The maximum absolute atomic E-state index is 12.0. The highest BCUT2D eigenvalue weighted by Gasteiger charge is 2.15. The van der Waals surface area contributed by atoms with E-state index < -0.39 is 0 Å². The molecule has 3 rings (SSSR count). The molecule has 1 aliphatic rings. The molecule has 1 amide bonds. The summed E-state index contributed by atoms with van der Waals surface area (Å²) in [7, 11) is 1.65. The zero-order chi connectivity index (χ0) is 15.4. The SMILES string of the molecule is COc1ccc(-c2nc(/C=C/C(=O)N3CCCC3)cs2)cc1. The van der Waals surface area contributed by atoms with Crippen LogP contribution in [0.5, 0.6) is 5.75 Å². The Morgan fingerprint density at radius 2 is 2.00 bits per heavy atom. The Balaban J connectivity index is 1.68. The Bertz CT molecular complexity index is 670. The summed E-state index contributed by atoms with van der Waals surface area (Å²) in [5.41, 5.74) is 1.87. The lowest BCUT2D eigenvalue weighted by atomic mass is 10.2. The van der Waals surface area contributed by atoms with E-state index in [9.17, 15) is 4.79 Å². The first kappa shape index (κ1) is 14.8. The van der Waals surface area contributed by atoms with Crippen LogP contribution < -0.4 is 4.74 Å². The van der Waals surface area contributed by atoms with Crippen LogP contribution in [0.3, 0.4) is 0 Å². The number of thiazole rings is 1. The smallest absolute Gasteiger partial charge is 0.246 e. The number of carbonyl (C=O) groups is 1. The van der Waals surface area contributed by atoms with Crippen molar-refractivity contribution in [3.05, 3.63) is 41.4 Å². The second-order valence-corrected chi connectivity index (χ2v) is 6.03. The van der Waals surface area contributed by atoms with Crippen LogP contribution in [-0.2, 0) is 4.79 Å². The number of ether oxygens (including phenoxy) is 1. The lowest BCUT2D eigenvalue weighted by Crippen LogP contribution is -2.25. The standard InChI is InChI=1S/C17H18N2O2S/c1-21-15-7-4-13(5-8-15)17-18-14(12-22-17)6-9-16(20)19-10-2-3-11-19/h4-9,12H,2-3,10-11H2,1H3/b9-6+. The Labute approximate surface area is 134 Å². The van der Waals surface area contributed by atoms with Crippen LogP contribution in [0.25, 0.3) is 16.6 Å². The highest BCUT2D eigenvalue weighted by atomic mass is 32.1. The van der Waals surface area contributed by atoms with Crippen LogP contribution in [0.4, 0.5) is 0 Å². The molecular formula is C17H18N2O2S. The lowest BCUT2D eigenvalue weighted by Gasteiger charge is -2.11. The lowest BCUT2D eigenvalue weighted by molar-refractivity contribution is -0.124. The summed E-state index contributed by atoms with van der Waals surface area (Å²) in [6, 6.07) is 7.81. The van der Waals surface area contributed by atoms with E-state index in [0.29, 0.717) is 0 Å². The van der Waals surface area contributed by atoms with Gasteiger partial charge in [-0.15, -0.1) is 11.3 Å². The number of nitrogens with zero attached hydrogens (tertiary/aromatic N) is 2. The van der Waals surface area contributed by atoms with Gasteiger partial charge in [0.15, 0.2) is 0 Å². The van der Waals surface area contributed by atoms with E-state index in [0.717, 1.165) is 47.9 Å². The fourth-order valence-electron chi connectivity index (χ4n) is 2.43. The van der Waals surface area contributed by atoms with Crippen molar-refractivity contribution >= 4 is 23.3 Å². The summed E-state index contributed by atoms with van der Waals surface area (Å²) in [6.07, 6.45) is 5.64. The minimum atomic E-state index is 0.0801. The second kappa shape index (κ2) is 6.75. The molecular weight excluding hydrogens is 296 g/mol. The maximum Gasteiger partial charge on any atom is 0.246 e. The summed E-state index contributed by atoms with van der Waals surface area (Å²) in [5, 5.41) is 2.91. The van der Waals surface area contributed by atoms with E-state index in [4.69, 9.17) is 4.74 Å². The van der Waals surface area contributed by atoms with Crippen molar-refractivity contribution in [2.75, 3.05) is 20.2 Å². The van der Waals surface area contributed by atoms with Gasteiger partial charge in [-0.25, -0.2) is 4.98 Å². The number of likely N-dealkylation sites (tertiary alicyclic amines) is 1. The Kier molecular flexibility index (Phi) is 4.53. The third-order valence-corrected chi connectivity index (χ3v) is 4.58. The Hall–Kier alpha value is -2.14. The normalized spacial score (nSPS) is 14.7. The number of rotatable bonds is 4. The van der Waals surface area contributed by atoms with Crippen molar-refractivity contribution in [1.82, 2.24) is 9.88 Å². The van der Waals surface area contributed by atoms with E-state index in [2.05, 4.69) is 4.98 Å². The fraction of sp³-hybridized carbons (Fsp3) is 0.294. The number of hydrogen-bond donors (Lipinski definition) is 0. The van der Waals surface area contributed by atoms with Crippen LogP contribution >= 0.6 is 11.3 Å². The van der Waals surface area contributed by atoms with Gasteiger partial charge in [0.05, 0.1) is 12.8 Å². The molecule has 4 nitrogen and oxygen atoms in total. The molecule has 5 heteroatoms. The van der Waals surface area contributed by atoms with Crippen LogP contribution in [0.2, 0.25) is 0 Å². The Morgan fingerprint density at radius 3 is 2.68 bits per heavy atom. The summed E-state index contributed by atoms with van der Waals surface area (Å²) in [4.78, 5) is 18.4. The van der Waals surface area contributed by atoms with Gasteiger partial charge in [0.1, 0.15) is 10.8 Å². The molecule has 0 atom stereocenters. The molecule has 0 bridgehead atoms. The molecule has 1 aromatic carbocycles. The predicted molar refractivity (Wildman–Crippen MR) is 89.0 cm³/mol. The summed E-state index contributed by atoms with van der Waals surface area (Å²) >= 11 is 1.57. The van der Waals surface area contributed by atoms with Gasteiger partial charge in [0, 0.05) is 30.1 Å². The maximum atomic E-state index is 12.0. The first-order chi connectivity index (χ1) is 10.8. The molecule has 0 N–H and O–H groups in total. The average Bonchev–Trinajstić information content (AvgIpc) is 3.24. The number of aromatic nitrogens is 1. The van der Waals surface area contributed by atoms with Crippen LogP contribution in [0.15, 0.2) is 35.7 Å². The predicted octanol–water partition coefficient (Wildman–Crippen LogP) is 3.45. The monoisotopic (exact) mass is 314 g/mol. The van der Waals surface area contributed by atoms with Crippen molar-refractivity contribution in [2.45, 2.75) is 12.8 Å². The highest BCUT2D eigenvalue weighted by molar-refractivity contribution is 7.13. The van der Waals surface area contributed by atoms with Crippen LogP contribution in [-0.4, -0.2) is 36.0 Å². The van der Waals surface area contributed by atoms with E-state index in [1.807, 2.05) is 34.5 Å². The topological polar surface area (TPSA) is 42.4 Å². The van der Waals surface area contributed by atoms with Crippen LogP contribution in [0, 0.1) is 0 Å². The van der Waals surface area contributed by atoms with Gasteiger partial charge in [-0.3, -0.25) is 4.79 Å². The Morgan fingerprint density at radius 1 is 1.27 bits per heavy atom. The zero-order valence-electron chi connectivity index (χ0n) is 12.5. The van der Waals surface area contributed by atoms with Gasteiger partial charge < -0.3 is 9.64 Å². The summed E-state index contributed by atoms with van der Waals surface area (Å²) in [6.45, 7) is 1.74. The molecule has 22 heavy (non-hydrogen) atoms. The zero-order valence-corrected chi connectivity index (χ0v) is 13.3. The molecule has 1 aliphatic heterocycles. The quantitative estimate of drug-likeness (QED) is 0.812. The van der Waals surface area contributed by atoms with Gasteiger partial charge in [-0.2, -0.15) is 0 Å². The number of hydrogen-bond acceptors (Lipinski definition) is 4. The molecule has 2 aromatic rings. The third kappa shape index (κ3) is 3.36. The molecule has 0 radical (unpaired) electrons. The minimum absolute atomic E-state index is 0.0801. The van der Waals surface area contributed by atoms with Crippen molar-refractivity contribution in [1.29, 1.82) is 0 Å². The summed E-state index contributed by atoms with van der Waals surface area (Å²) < 4.78 is 5.15. The molecule has 0 saturated carbocycles. The highest BCUT2D eigenvalue weighted by Crippen LogP contribution is 2.26. The van der Waals surface area contributed by atoms with Crippen molar-refractivity contribution in [3.63, 3.8) is 0 Å². The van der Waals surface area contributed by atoms with Gasteiger partial charge in [-0.05, 0) is 43.2 Å². The molecule has 1 aromatic heterocycles. The summed E-state index contributed by atoms with van der Waals surface area (Å²) in [5.74, 6) is 0.910. The third-order valence-electron chi connectivity index (χ3n) is 3.67. The number of carbonyl (C=O) groups excluding carboxylic acids is 1. The molecule has 2 heterocycles. The first-order valence-corrected chi connectivity index (χ1v) is 8.21. The number of amides is 1. The molecule has 0 unspecified atom stereocenters. The second-order valence-electron chi connectivity index (χ2n) is 5.17. The molecule has 0 aliphatic carbocycles. The van der Waals surface area contributed by atoms with Gasteiger partial charge in [0.2, 0.25) is 5.91 Å². The fourth-order valence-corrected chi connectivity index (χ4v) is 3.22. The number of benzene rings is 1. The van der Waals surface area contributed by atoms with Crippen molar-refractivity contribution < 1.29 is 9.53 Å². The first-order valence-electron chi connectivity index (χ1n) is 7.33.